The number of aromatic amines is 1. The molecule has 1 spiro atoms. The number of H-pyrrole nitrogens is 1. The van der Waals surface area contributed by atoms with E-state index in [1.807, 2.05) is 25.1 Å². The molecule has 3 aliphatic rings. The molecule has 0 radical (unpaired) electrons. The van der Waals surface area contributed by atoms with Crippen LogP contribution in [0.5, 0.6) is 11.5 Å². The topological polar surface area (TPSA) is 71.6 Å². The van der Waals surface area contributed by atoms with Crippen LogP contribution >= 0.6 is 0 Å². The summed E-state index contributed by atoms with van der Waals surface area (Å²) in [6.45, 7) is 2.51. The van der Waals surface area contributed by atoms with Gasteiger partial charge in [-0.25, -0.2) is 0 Å². The van der Waals surface area contributed by atoms with E-state index < -0.39 is 5.41 Å². The number of aromatic nitrogens is 1. The fourth-order valence-corrected chi connectivity index (χ4v) is 4.71. The number of likely N-dealkylation sites (tertiary alicyclic amines) is 1. The molecule has 5 rings (SSSR count). The molecule has 1 aliphatic heterocycles. The van der Waals surface area contributed by atoms with Crippen LogP contribution in [0.4, 0.5) is 0 Å². The molecule has 2 atom stereocenters. The van der Waals surface area contributed by atoms with Crippen LogP contribution in [0.2, 0.25) is 0 Å². The molecule has 27 heavy (non-hydrogen) atoms. The van der Waals surface area contributed by atoms with Gasteiger partial charge < -0.3 is 19.4 Å². The van der Waals surface area contributed by atoms with Crippen molar-refractivity contribution >= 4 is 22.6 Å². The summed E-state index contributed by atoms with van der Waals surface area (Å²) in [6.07, 6.45) is 6.12. The number of nitrogens with zero attached hydrogens (tertiary/aromatic N) is 1. The Morgan fingerprint density at radius 2 is 2.11 bits per heavy atom. The Bertz CT molecular complexity index is 1080. The number of fused-ring (bicyclic) bond motifs is 1. The maximum atomic E-state index is 13.2. The molecule has 2 unspecified atom stereocenters. The highest BCUT2D eigenvalue weighted by atomic mass is 16.5. The summed E-state index contributed by atoms with van der Waals surface area (Å²) in [6, 6.07) is 3.72. The van der Waals surface area contributed by atoms with Crippen LogP contribution in [0.1, 0.15) is 22.5 Å². The van der Waals surface area contributed by atoms with E-state index in [-0.39, 0.29) is 17.6 Å². The third kappa shape index (κ3) is 1.95. The predicted molar refractivity (Wildman–Crippen MR) is 99.9 cm³/mol. The highest BCUT2D eigenvalue weighted by Gasteiger charge is 2.68. The third-order valence-corrected chi connectivity index (χ3v) is 6.17. The number of allylic oxidation sites excluding steroid dienone is 4. The van der Waals surface area contributed by atoms with Gasteiger partial charge in [-0.2, -0.15) is 0 Å². The minimum absolute atomic E-state index is 0.120. The molecule has 1 N–H and O–H groups in total. The minimum Gasteiger partial charge on any atom is -0.496 e. The summed E-state index contributed by atoms with van der Waals surface area (Å²) in [5.41, 5.74) is 2.51. The van der Waals surface area contributed by atoms with Gasteiger partial charge in [-0.1, -0.05) is 6.08 Å². The lowest BCUT2D eigenvalue weighted by atomic mass is 9.91. The van der Waals surface area contributed by atoms with Crippen molar-refractivity contribution in [3.05, 3.63) is 47.3 Å². The standard InChI is InChI=1S/C21H20N2O4/c1-11-15(26-2)8-12-7-14(22-18(12)19(11)27-3)20(25)23-10-13-9-21(13)16(23)5-4-6-17(21)24/h4-8,13,22H,9-10H2,1-3H3. The van der Waals surface area contributed by atoms with Crippen LogP contribution < -0.4 is 9.47 Å². The Morgan fingerprint density at radius 3 is 2.85 bits per heavy atom. The molecule has 6 nitrogen and oxygen atoms in total. The van der Waals surface area contributed by atoms with E-state index in [4.69, 9.17) is 9.47 Å². The summed E-state index contributed by atoms with van der Waals surface area (Å²) in [7, 11) is 3.22. The van der Waals surface area contributed by atoms with E-state index >= 15 is 0 Å². The molecule has 138 valence electrons. The van der Waals surface area contributed by atoms with Crippen molar-refractivity contribution in [2.24, 2.45) is 11.3 Å². The van der Waals surface area contributed by atoms with Gasteiger partial charge in [0.15, 0.2) is 5.78 Å². The molecule has 6 heteroatoms. The molecule has 1 amide bonds. The Kier molecular flexibility index (Phi) is 3.15. The van der Waals surface area contributed by atoms with Crippen LogP contribution in [-0.2, 0) is 4.79 Å². The molecule has 2 fully saturated rings. The van der Waals surface area contributed by atoms with Crippen molar-refractivity contribution in [2.45, 2.75) is 13.3 Å². The van der Waals surface area contributed by atoms with Gasteiger partial charge in [0.1, 0.15) is 17.2 Å². The minimum atomic E-state index is -0.450. The zero-order chi connectivity index (χ0) is 18.9. The SMILES string of the molecule is COc1cc2cc(C(=O)N3CC4CC45C(=O)C=CC=C35)[nH]c2c(OC)c1C. The molecule has 1 saturated heterocycles. The number of hydrogen-bond acceptors (Lipinski definition) is 4. The molecular formula is C21H20N2O4. The maximum absolute atomic E-state index is 13.2. The van der Waals surface area contributed by atoms with Crippen LogP contribution in [0.15, 0.2) is 36.1 Å². The van der Waals surface area contributed by atoms with Crippen LogP contribution in [-0.4, -0.2) is 42.3 Å². The summed E-state index contributed by atoms with van der Waals surface area (Å²) in [4.78, 5) is 30.6. The van der Waals surface area contributed by atoms with Gasteiger partial charge >= 0.3 is 0 Å². The van der Waals surface area contributed by atoms with Crippen molar-refractivity contribution in [1.82, 2.24) is 9.88 Å². The normalized spacial score (nSPS) is 25.3. The number of hydrogen-bond donors (Lipinski definition) is 1. The number of benzene rings is 1. The Balaban J connectivity index is 1.57. The van der Waals surface area contributed by atoms with Crippen molar-refractivity contribution in [3.8, 4) is 11.5 Å². The number of rotatable bonds is 3. The second-order valence-corrected chi connectivity index (χ2v) is 7.45. The predicted octanol–water partition coefficient (Wildman–Crippen LogP) is 2.98. The van der Waals surface area contributed by atoms with Gasteiger partial charge in [0.05, 0.1) is 25.2 Å². The number of carbonyl (C=O) groups is 2. The van der Waals surface area contributed by atoms with Gasteiger partial charge in [-0.3, -0.25) is 9.59 Å². The lowest BCUT2D eigenvalue weighted by molar-refractivity contribution is -0.118. The zero-order valence-electron chi connectivity index (χ0n) is 15.5. The largest absolute Gasteiger partial charge is 0.496 e. The number of ketones is 1. The Hall–Kier alpha value is -3.02. The zero-order valence-corrected chi connectivity index (χ0v) is 15.5. The fraction of sp³-hybridized carbons (Fsp3) is 0.333. The first-order chi connectivity index (χ1) is 13.0. The molecular weight excluding hydrogens is 344 g/mol. The van der Waals surface area contributed by atoms with Gasteiger partial charge in [0.25, 0.3) is 5.91 Å². The highest BCUT2D eigenvalue weighted by molar-refractivity contribution is 6.06. The second kappa shape index (κ2) is 5.25. The van der Waals surface area contributed by atoms with E-state index in [1.165, 1.54) is 0 Å². The summed E-state index contributed by atoms with van der Waals surface area (Å²) >= 11 is 0. The number of carbonyl (C=O) groups excluding carboxylic acids is 2. The second-order valence-electron chi connectivity index (χ2n) is 7.45. The highest BCUT2D eigenvalue weighted by Crippen LogP contribution is 2.65. The number of amides is 1. The van der Waals surface area contributed by atoms with Crippen LogP contribution in [0.3, 0.4) is 0 Å². The monoisotopic (exact) mass is 364 g/mol. The Labute approximate surface area is 156 Å². The molecule has 2 heterocycles. The number of nitrogens with one attached hydrogen (secondary N) is 1. The molecule has 0 bridgehead atoms. The smallest absolute Gasteiger partial charge is 0.274 e. The van der Waals surface area contributed by atoms with E-state index in [2.05, 4.69) is 4.98 Å². The van der Waals surface area contributed by atoms with Crippen LogP contribution in [0.25, 0.3) is 10.9 Å². The van der Waals surface area contributed by atoms with Crippen molar-refractivity contribution < 1.29 is 19.1 Å². The molecule has 1 aromatic heterocycles. The maximum Gasteiger partial charge on any atom is 0.274 e. The van der Waals surface area contributed by atoms with Gasteiger partial charge in [-0.05, 0) is 43.5 Å². The molecule has 2 aromatic rings. The van der Waals surface area contributed by atoms with E-state index in [1.54, 1.807) is 31.3 Å². The average Bonchev–Trinajstić information content (AvgIpc) is 3.05. The van der Waals surface area contributed by atoms with Gasteiger partial charge in [0.2, 0.25) is 0 Å². The first-order valence-corrected chi connectivity index (χ1v) is 9.00. The fourth-order valence-electron chi connectivity index (χ4n) is 4.71. The summed E-state index contributed by atoms with van der Waals surface area (Å²) in [5.74, 6) is 1.62. The number of methoxy groups -OCH3 is 2. The lowest BCUT2D eigenvalue weighted by Gasteiger charge is -2.24. The lowest BCUT2D eigenvalue weighted by Crippen LogP contribution is -2.32. The molecule has 2 aliphatic carbocycles. The Morgan fingerprint density at radius 1 is 1.30 bits per heavy atom. The third-order valence-electron chi connectivity index (χ3n) is 6.17. The van der Waals surface area contributed by atoms with Crippen LogP contribution in [0, 0.1) is 18.3 Å². The van der Waals surface area contributed by atoms with Crippen molar-refractivity contribution in [3.63, 3.8) is 0 Å². The van der Waals surface area contributed by atoms with E-state index in [0.29, 0.717) is 23.7 Å². The molecule has 1 saturated carbocycles. The number of ether oxygens (including phenoxy) is 2. The first kappa shape index (κ1) is 16.2. The van der Waals surface area contributed by atoms with Crippen molar-refractivity contribution in [1.29, 1.82) is 0 Å². The summed E-state index contributed by atoms with van der Waals surface area (Å²) in [5, 5.41) is 0.852. The van der Waals surface area contributed by atoms with E-state index in [9.17, 15) is 9.59 Å². The van der Waals surface area contributed by atoms with Crippen molar-refractivity contribution in [2.75, 3.05) is 20.8 Å². The van der Waals surface area contributed by atoms with Gasteiger partial charge in [-0.15, -0.1) is 0 Å². The first-order valence-electron chi connectivity index (χ1n) is 9.00. The quantitative estimate of drug-likeness (QED) is 0.909. The summed E-state index contributed by atoms with van der Waals surface area (Å²) < 4.78 is 11.0. The van der Waals surface area contributed by atoms with Gasteiger partial charge in [0, 0.05) is 23.2 Å². The average molecular weight is 364 g/mol. The number of piperidine rings is 1. The van der Waals surface area contributed by atoms with E-state index in [0.717, 1.165) is 28.6 Å². The molecule has 1 aromatic carbocycles.